The first kappa shape index (κ1) is 22.4. The Labute approximate surface area is 186 Å². The Hall–Kier alpha value is -4.26. The number of carbonyl (C=O) groups excluding carboxylic acids is 2. The fraction of sp³-hybridized carbons (Fsp3) is 0.120. The summed E-state index contributed by atoms with van der Waals surface area (Å²) in [6.07, 6.45) is 2.77. The smallest absolute Gasteiger partial charge is 0.331 e. The summed E-state index contributed by atoms with van der Waals surface area (Å²) in [7, 11) is 3.08. The number of amides is 1. The summed E-state index contributed by atoms with van der Waals surface area (Å²) in [5.74, 6) is 1.14. The second-order valence-electron chi connectivity index (χ2n) is 6.51. The Morgan fingerprint density at radius 3 is 2.34 bits per heavy atom. The van der Waals surface area contributed by atoms with E-state index in [9.17, 15) is 9.59 Å². The maximum Gasteiger partial charge on any atom is 0.331 e. The normalized spacial score (nSPS) is 10.4. The van der Waals surface area contributed by atoms with Gasteiger partial charge in [-0.25, -0.2) is 4.79 Å². The van der Waals surface area contributed by atoms with Crippen molar-refractivity contribution >= 4 is 23.6 Å². The van der Waals surface area contributed by atoms with Crippen LogP contribution in [0.2, 0.25) is 0 Å². The van der Waals surface area contributed by atoms with E-state index in [1.807, 2.05) is 30.3 Å². The molecule has 7 heteroatoms. The maximum absolute atomic E-state index is 12.3. The molecule has 0 atom stereocenters. The molecule has 0 bridgehead atoms. The second-order valence-corrected chi connectivity index (χ2v) is 6.51. The Morgan fingerprint density at radius 1 is 0.844 bits per heavy atom. The van der Waals surface area contributed by atoms with Crippen molar-refractivity contribution in [3.8, 4) is 23.0 Å². The number of nitrogens with one attached hydrogen (secondary N) is 1. The summed E-state index contributed by atoms with van der Waals surface area (Å²) >= 11 is 0. The number of rotatable bonds is 9. The van der Waals surface area contributed by atoms with Crippen LogP contribution >= 0.6 is 0 Å². The van der Waals surface area contributed by atoms with Crippen molar-refractivity contribution in [3.63, 3.8) is 0 Å². The second kappa shape index (κ2) is 11.2. The van der Waals surface area contributed by atoms with Gasteiger partial charge in [-0.3, -0.25) is 4.79 Å². The molecular weight excluding hydrogens is 410 g/mol. The number of hydrogen-bond acceptors (Lipinski definition) is 6. The summed E-state index contributed by atoms with van der Waals surface area (Å²) in [5, 5.41) is 2.69. The van der Waals surface area contributed by atoms with Gasteiger partial charge in [0.1, 0.15) is 17.2 Å². The molecule has 0 aliphatic rings. The van der Waals surface area contributed by atoms with Crippen molar-refractivity contribution in [2.24, 2.45) is 0 Å². The molecule has 3 aromatic rings. The van der Waals surface area contributed by atoms with Gasteiger partial charge < -0.3 is 24.3 Å². The van der Waals surface area contributed by atoms with Crippen molar-refractivity contribution in [3.05, 3.63) is 84.4 Å². The number of anilines is 1. The SMILES string of the molecule is COc1ccc(/C=C/C(=O)OCC(=O)Nc2ccccc2Oc2ccccc2)c(OC)c1. The molecule has 0 saturated carbocycles. The average molecular weight is 433 g/mol. The Morgan fingerprint density at radius 2 is 1.59 bits per heavy atom. The predicted molar refractivity (Wildman–Crippen MR) is 121 cm³/mol. The van der Waals surface area contributed by atoms with Crippen LogP contribution in [0.1, 0.15) is 5.56 Å². The zero-order valence-electron chi connectivity index (χ0n) is 17.7. The summed E-state index contributed by atoms with van der Waals surface area (Å²) < 4.78 is 21.3. The van der Waals surface area contributed by atoms with E-state index in [1.165, 1.54) is 13.2 Å². The van der Waals surface area contributed by atoms with E-state index in [1.54, 1.807) is 55.7 Å². The molecular formula is C25H23NO6. The Balaban J connectivity index is 1.55. The maximum atomic E-state index is 12.3. The number of ether oxygens (including phenoxy) is 4. The van der Waals surface area contributed by atoms with E-state index in [-0.39, 0.29) is 0 Å². The van der Waals surface area contributed by atoms with E-state index in [4.69, 9.17) is 18.9 Å². The van der Waals surface area contributed by atoms with Crippen LogP contribution < -0.4 is 19.5 Å². The highest BCUT2D eigenvalue weighted by molar-refractivity contribution is 5.95. The quantitative estimate of drug-likeness (QED) is 0.389. The third-order valence-corrected chi connectivity index (χ3v) is 4.32. The van der Waals surface area contributed by atoms with Crippen LogP contribution in [-0.4, -0.2) is 32.7 Å². The molecule has 3 rings (SSSR count). The monoisotopic (exact) mass is 433 g/mol. The standard InChI is InChI=1S/C25H23NO6/c1-29-20-14-12-18(23(16-20)30-2)13-15-25(28)31-17-24(27)26-21-10-6-7-11-22(21)32-19-8-4-3-5-9-19/h3-16H,17H2,1-2H3,(H,26,27)/b15-13+. The summed E-state index contributed by atoms with van der Waals surface area (Å²) in [4.78, 5) is 24.3. The highest BCUT2D eigenvalue weighted by Crippen LogP contribution is 2.29. The van der Waals surface area contributed by atoms with E-state index in [2.05, 4.69) is 5.32 Å². The third-order valence-electron chi connectivity index (χ3n) is 4.32. The first-order valence-corrected chi connectivity index (χ1v) is 9.77. The lowest BCUT2D eigenvalue weighted by Gasteiger charge is -2.12. The van der Waals surface area contributed by atoms with Crippen LogP contribution in [0.25, 0.3) is 6.08 Å². The van der Waals surface area contributed by atoms with Crippen molar-refractivity contribution in [1.29, 1.82) is 0 Å². The van der Waals surface area contributed by atoms with Crippen LogP contribution in [-0.2, 0) is 14.3 Å². The number of carbonyl (C=O) groups is 2. The molecule has 0 fully saturated rings. The molecule has 0 aliphatic heterocycles. The average Bonchev–Trinajstić information content (AvgIpc) is 2.83. The van der Waals surface area contributed by atoms with E-state index in [0.29, 0.717) is 34.2 Å². The number of para-hydroxylation sites is 3. The van der Waals surface area contributed by atoms with E-state index in [0.717, 1.165) is 0 Å². The lowest BCUT2D eigenvalue weighted by molar-refractivity contribution is -0.142. The van der Waals surface area contributed by atoms with Gasteiger partial charge in [-0.1, -0.05) is 30.3 Å². The van der Waals surface area contributed by atoms with Gasteiger partial charge >= 0.3 is 5.97 Å². The lowest BCUT2D eigenvalue weighted by atomic mass is 10.2. The van der Waals surface area contributed by atoms with Gasteiger partial charge in [-0.2, -0.15) is 0 Å². The zero-order valence-corrected chi connectivity index (χ0v) is 17.7. The lowest BCUT2D eigenvalue weighted by Crippen LogP contribution is -2.20. The molecule has 0 aliphatic carbocycles. The van der Waals surface area contributed by atoms with Crippen LogP contribution in [0.5, 0.6) is 23.0 Å². The predicted octanol–water partition coefficient (Wildman–Crippen LogP) is 4.69. The molecule has 0 aromatic heterocycles. The topological polar surface area (TPSA) is 83.1 Å². The van der Waals surface area contributed by atoms with Crippen molar-refractivity contribution in [2.75, 3.05) is 26.1 Å². The van der Waals surface area contributed by atoms with Crippen LogP contribution in [0.4, 0.5) is 5.69 Å². The van der Waals surface area contributed by atoms with E-state index < -0.39 is 18.5 Å². The Kier molecular flexibility index (Phi) is 7.86. The minimum absolute atomic E-state index is 0.442. The molecule has 7 nitrogen and oxygen atoms in total. The molecule has 164 valence electrons. The number of benzene rings is 3. The summed E-state index contributed by atoms with van der Waals surface area (Å²) in [6.45, 7) is -0.442. The van der Waals surface area contributed by atoms with Gasteiger partial charge in [-0.15, -0.1) is 0 Å². The molecule has 1 N–H and O–H groups in total. The zero-order chi connectivity index (χ0) is 22.8. The third kappa shape index (κ3) is 6.37. The first-order chi connectivity index (χ1) is 15.6. The molecule has 0 radical (unpaired) electrons. The van der Waals surface area contributed by atoms with Gasteiger partial charge in [0, 0.05) is 17.7 Å². The highest BCUT2D eigenvalue weighted by Gasteiger charge is 2.10. The molecule has 0 heterocycles. The summed E-state index contributed by atoms with van der Waals surface area (Å²) in [5.41, 5.74) is 1.14. The van der Waals surface area contributed by atoms with Gasteiger partial charge in [0.05, 0.1) is 19.9 Å². The fourth-order valence-electron chi connectivity index (χ4n) is 2.76. The summed E-state index contributed by atoms with van der Waals surface area (Å²) in [6, 6.07) is 21.4. The van der Waals surface area contributed by atoms with Crippen LogP contribution in [0.3, 0.4) is 0 Å². The molecule has 0 spiro atoms. The van der Waals surface area contributed by atoms with E-state index >= 15 is 0 Å². The van der Waals surface area contributed by atoms with Gasteiger partial charge in [0.25, 0.3) is 5.91 Å². The van der Waals surface area contributed by atoms with Crippen molar-refractivity contribution in [1.82, 2.24) is 0 Å². The van der Waals surface area contributed by atoms with Crippen LogP contribution in [0.15, 0.2) is 78.9 Å². The molecule has 32 heavy (non-hydrogen) atoms. The van der Waals surface area contributed by atoms with Crippen molar-refractivity contribution < 1.29 is 28.5 Å². The number of hydrogen-bond donors (Lipinski definition) is 1. The number of esters is 1. The van der Waals surface area contributed by atoms with Crippen molar-refractivity contribution in [2.45, 2.75) is 0 Å². The molecule has 0 saturated heterocycles. The Bertz CT molecular complexity index is 1090. The van der Waals surface area contributed by atoms with Crippen LogP contribution in [0, 0.1) is 0 Å². The molecule has 0 unspecified atom stereocenters. The highest BCUT2D eigenvalue weighted by atomic mass is 16.5. The minimum Gasteiger partial charge on any atom is -0.497 e. The molecule has 1 amide bonds. The number of methoxy groups -OCH3 is 2. The first-order valence-electron chi connectivity index (χ1n) is 9.77. The largest absolute Gasteiger partial charge is 0.497 e. The fourth-order valence-corrected chi connectivity index (χ4v) is 2.76. The van der Waals surface area contributed by atoms with Gasteiger partial charge in [0.15, 0.2) is 12.4 Å². The molecule has 3 aromatic carbocycles. The van der Waals surface area contributed by atoms with Gasteiger partial charge in [0.2, 0.25) is 0 Å². The minimum atomic E-state index is -0.660. The van der Waals surface area contributed by atoms with Gasteiger partial charge in [-0.05, 0) is 42.5 Å².